The Hall–Kier alpha value is -4.76. The third-order valence-electron chi connectivity index (χ3n) is 8.66. The summed E-state index contributed by atoms with van der Waals surface area (Å²) < 4.78 is 9.97. The topological polar surface area (TPSA) is 177 Å². The maximum Gasteiger partial charge on any atom is 0.323 e. The predicted octanol–water partition coefficient (Wildman–Crippen LogP) is 3.88. The highest BCUT2D eigenvalue weighted by Crippen LogP contribution is 2.44. The Morgan fingerprint density at radius 2 is 0.833 bits per heavy atom. The Balaban J connectivity index is 1.24. The number of hydrogen-bond donors (Lipinski definition) is 0. The lowest BCUT2D eigenvalue weighted by Gasteiger charge is -2.38. The fourth-order valence-corrected chi connectivity index (χ4v) is 6.58. The van der Waals surface area contributed by atoms with Crippen molar-refractivity contribution in [2.45, 2.75) is 38.5 Å². The van der Waals surface area contributed by atoms with E-state index in [2.05, 4.69) is 30.4 Å². The van der Waals surface area contributed by atoms with Gasteiger partial charge in [-0.25, -0.2) is 9.26 Å². The van der Waals surface area contributed by atoms with Gasteiger partial charge >= 0.3 is 11.4 Å². The van der Waals surface area contributed by atoms with Crippen LogP contribution in [0.5, 0.6) is 0 Å². The van der Waals surface area contributed by atoms with E-state index in [-0.39, 0.29) is 22.4 Å². The van der Waals surface area contributed by atoms with Gasteiger partial charge in [-0.3, -0.25) is 20.2 Å². The number of nitrogens with zero attached hydrogens (tertiary/aromatic N) is 10. The van der Waals surface area contributed by atoms with Crippen molar-refractivity contribution in [3.63, 3.8) is 0 Å². The molecule has 5 heterocycles. The number of anilines is 4. The van der Waals surface area contributed by atoms with E-state index in [0.717, 1.165) is 76.1 Å². The van der Waals surface area contributed by atoms with Crippen LogP contribution in [0.4, 0.5) is 34.1 Å². The number of hydrogen-bond acceptors (Lipinski definition) is 14. The van der Waals surface area contributed by atoms with E-state index in [0.29, 0.717) is 48.6 Å². The van der Waals surface area contributed by atoms with Gasteiger partial charge in [0.25, 0.3) is 0 Å². The van der Waals surface area contributed by atoms with E-state index >= 15 is 0 Å². The van der Waals surface area contributed by atoms with E-state index in [9.17, 15) is 20.2 Å². The Morgan fingerprint density at radius 3 is 1.19 bits per heavy atom. The Morgan fingerprint density at radius 1 is 0.500 bits per heavy atom. The lowest BCUT2D eigenvalue weighted by molar-refractivity contribution is -0.382. The molecule has 0 spiro atoms. The fourth-order valence-electron chi connectivity index (χ4n) is 6.58. The third-order valence-corrected chi connectivity index (χ3v) is 8.66. The van der Waals surface area contributed by atoms with Crippen LogP contribution < -0.4 is 19.6 Å². The summed E-state index contributed by atoms with van der Waals surface area (Å²) in [6, 6.07) is 3.66. The highest BCUT2D eigenvalue weighted by molar-refractivity contribution is 6.01. The van der Waals surface area contributed by atoms with Crippen molar-refractivity contribution in [2.75, 3.05) is 72.0 Å². The van der Waals surface area contributed by atoms with Gasteiger partial charge < -0.3 is 19.6 Å². The van der Waals surface area contributed by atoms with Crippen LogP contribution in [0.2, 0.25) is 0 Å². The quantitative estimate of drug-likeness (QED) is 0.238. The van der Waals surface area contributed by atoms with Gasteiger partial charge in [-0.1, -0.05) is 0 Å². The first kappa shape index (κ1) is 26.2. The van der Waals surface area contributed by atoms with Crippen LogP contribution in [0, 0.1) is 20.2 Å². The number of nitro benzene ring substituents is 2. The summed E-state index contributed by atoms with van der Waals surface area (Å²) in [6.45, 7) is 4.94. The van der Waals surface area contributed by atoms with Crippen LogP contribution in [0.15, 0.2) is 21.4 Å². The van der Waals surface area contributed by atoms with Gasteiger partial charge in [-0.2, -0.15) is 0 Å². The normalized spacial score (nSPS) is 18.3. The van der Waals surface area contributed by atoms with Crippen molar-refractivity contribution in [3.05, 3.63) is 32.4 Å². The zero-order valence-corrected chi connectivity index (χ0v) is 23.0. The van der Waals surface area contributed by atoms with Gasteiger partial charge in [-0.15, -0.1) is 0 Å². The van der Waals surface area contributed by atoms with E-state index in [4.69, 9.17) is 9.26 Å². The molecule has 3 fully saturated rings. The van der Waals surface area contributed by atoms with Crippen molar-refractivity contribution in [2.24, 2.45) is 0 Å². The third kappa shape index (κ3) is 4.37. The second kappa shape index (κ2) is 10.6. The molecular formula is C26H30N10O6. The summed E-state index contributed by atoms with van der Waals surface area (Å²) in [6.07, 6.45) is 6.39. The second-order valence-electron chi connectivity index (χ2n) is 11.0. The second-order valence-corrected chi connectivity index (χ2v) is 11.0. The van der Waals surface area contributed by atoms with E-state index in [1.165, 1.54) is 0 Å². The molecular weight excluding hydrogens is 548 g/mol. The summed E-state index contributed by atoms with van der Waals surface area (Å²) >= 11 is 0. The van der Waals surface area contributed by atoms with Gasteiger partial charge in [0.2, 0.25) is 11.0 Å². The van der Waals surface area contributed by atoms with E-state index in [1.807, 2.05) is 21.9 Å². The molecule has 0 atom stereocenters. The van der Waals surface area contributed by atoms with Gasteiger partial charge in [0.15, 0.2) is 11.0 Å². The SMILES string of the molecule is O=[N+]([O-])c1c(N2CCN(c3cc(N4CCCCC4)c4nonc4c3[N+](=O)[O-])CC2)cc(N2CCCCC2)c2nonc12. The van der Waals surface area contributed by atoms with Crippen molar-refractivity contribution < 1.29 is 19.1 Å². The molecule has 3 aliphatic heterocycles. The molecule has 3 saturated heterocycles. The van der Waals surface area contributed by atoms with Crippen LogP contribution in [-0.2, 0) is 0 Å². The number of aromatic nitrogens is 4. The first-order valence-corrected chi connectivity index (χ1v) is 14.4. The van der Waals surface area contributed by atoms with Crippen LogP contribution in [0.3, 0.4) is 0 Å². The summed E-state index contributed by atoms with van der Waals surface area (Å²) in [5.41, 5.74) is 3.20. The molecule has 220 valence electrons. The molecule has 0 bridgehead atoms. The lowest BCUT2D eigenvalue weighted by atomic mass is 10.1. The molecule has 16 nitrogen and oxygen atoms in total. The molecule has 0 aliphatic carbocycles. The molecule has 0 N–H and O–H groups in total. The highest BCUT2D eigenvalue weighted by Gasteiger charge is 2.35. The minimum atomic E-state index is -0.435. The summed E-state index contributed by atoms with van der Waals surface area (Å²) in [7, 11) is 0. The Bertz CT molecular complexity index is 1530. The number of piperidine rings is 2. The van der Waals surface area contributed by atoms with E-state index in [1.54, 1.807) is 0 Å². The van der Waals surface area contributed by atoms with Crippen LogP contribution in [-0.4, -0.2) is 82.8 Å². The van der Waals surface area contributed by atoms with Crippen molar-refractivity contribution in [1.82, 2.24) is 20.6 Å². The molecule has 0 radical (unpaired) electrons. The number of nitro groups is 2. The summed E-state index contributed by atoms with van der Waals surface area (Å²) in [4.78, 5) is 32.0. The zero-order valence-electron chi connectivity index (χ0n) is 23.0. The highest BCUT2D eigenvalue weighted by atomic mass is 16.6. The molecule has 42 heavy (non-hydrogen) atoms. The maximum absolute atomic E-state index is 12.3. The maximum atomic E-state index is 12.3. The van der Waals surface area contributed by atoms with Crippen LogP contribution in [0.25, 0.3) is 22.1 Å². The first-order chi connectivity index (χ1) is 20.5. The van der Waals surface area contributed by atoms with Crippen LogP contribution >= 0.6 is 0 Å². The average molecular weight is 579 g/mol. The number of fused-ring (bicyclic) bond motifs is 2. The molecule has 2 aromatic carbocycles. The summed E-state index contributed by atoms with van der Waals surface area (Å²) in [5.74, 6) is 0. The average Bonchev–Trinajstić information content (AvgIpc) is 3.71. The summed E-state index contributed by atoms with van der Waals surface area (Å²) in [5, 5.41) is 40.5. The van der Waals surface area contributed by atoms with Crippen LogP contribution in [0.1, 0.15) is 38.5 Å². The van der Waals surface area contributed by atoms with Gasteiger partial charge in [0, 0.05) is 52.4 Å². The van der Waals surface area contributed by atoms with E-state index < -0.39 is 9.85 Å². The lowest BCUT2D eigenvalue weighted by Crippen LogP contribution is -2.47. The Kier molecular flexibility index (Phi) is 6.59. The van der Waals surface area contributed by atoms with Gasteiger partial charge in [-0.05, 0) is 71.3 Å². The molecule has 4 aromatic rings. The predicted molar refractivity (Wildman–Crippen MR) is 153 cm³/mol. The zero-order chi connectivity index (χ0) is 28.8. The molecule has 0 saturated carbocycles. The smallest absolute Gasteiger partial charge is 0.323 e. The number of benzene rings is 2. The fraction of sp³-hybridized carbons (Fsp3) is 0.538. The molecule has 16 heteroatoms. The molecule has 3 aliphatic rings. The number of rotatable bonds is 6. The largest absolute Gasteiger partial charge is 0.370 e. The van der Waals surface area contributed by atoms with Gasteiger partial charge in [0.05, 0.1) is 21.2 Å². The monoisotopic (exact) mass is 578 g/mol. The van der Waals surface area contributed by atoms with Crippen molar-refractivity contribution >= 4 is 56.2 Å². The molecule has 2 aromatic heterocycles. The minimum Gasteiger partial charge on any atom is -0.370 e. The number of piperazine rings is 1. The Labute approximate surface area is 239 Å². The standard InChI is InChI=1S/C26H30N10O6/c37-35(38)25-19(15-17(21-23(25)29-41-27-21)31-7-3-1-4-8-31)33-11-13-34(14-12-33)20-16-18(32-9-5-2-6-10-32)22-24(30-42-28-22)26(20)36(39)40/h15-16H,1-14H2. The molecule has 0 amide bonds. The first-order valence-electron chi connectivity index (χ1n) is 14.4. The molecule has 7 rings (SSSR count). The van der Waals surface area contributed by atoms with Crippen molar-refractivity contribution in [1.29, 1.82) is 0 Å². The van der Waals surface area contributed by atoms with Crippen molar-refractivity contribution in [3.8, 4) is 0 Å². The molecule has 0 unspecified atom stereocenters. The van der Waals surface area contributed by atoms with Gasteiger partial charge in [0.1, 0.15) is 11.4 Å². The minimum absolute atomic E-state index is 0.131.